The molecule has 3 rings (SSSR count). The summed E-state index contributed by atoms with van der Waals surface area (Å²) in [7, 11) is 0. The van der Waals surface area contributed by atoms with Crippen LogP contribution < -0.4 is 10.6 Å². The molecule has 1 aliphatic rings. The van der Waals surface area contributed by atoms with Crippen LogP contribution in [0, 0.1) is 5.92 Å². The number of para-hydroxylation sites is 1. The average Bonchev–Trinajstić information content (AvgIpc) is 2.88. The highest BCUT2D eigenvalue weighted by atomic mass is 15.2. The average molecular weight is 255 g/mol. The van der Waals surface area contributed by atoms with E-state index in [4.69, 9.17) is 5.73 Å². The third kappa shape index (κ3) is 2.03. The van der Waals surface area contributed by atoms with Crippen LogP contribution in [0.15, 0.2) is 30.5 Å². The van der Waals surface area contributed by atoms with Gasteiger partial charge in [0.2, 0.25) is 0 Å². The van der Waals surface area contributed by atoms with Crippen molar-refractivity contribution in [3.05, 3.63) is 30.5 Å². The van der Waals surface area contributed by atoms with Gasteiger partial charge in [0.1, 0.15) is 0 Å². The molecule has 1 aromatic carbocycles. The number of hydrogen-bond acceptors (Lipinski definition) is 3. The van der Waals surface area contributed by atoms with Crippen molar-refractivity contribution in [1.82, 2.24) is 4.98 Å². The van der Waals surface area contributed by atoms with Crippen LogP contribution in [0.5, 0.6) is 0 Å². The maximum atomic E-state index is 6.04. The van der Waals surface area contributed by atoms with Gasteiger partial charge in [0.25, 0.3) is 0 Å². The number of nitrogens with zero attached hydrogens (tertiary/aromatic N) is 2. The lowest BCUT2D eigenvalue weighted by Crippen LogP contribution is -2.33. The van der Waals surface area contributed by atoms with E-state index in [1.807, 2.05) is 18.3 Å². The first kappa shape index (κ1) is 12.3. The number of hydrogen-bond donors (Lipinski definition) is 1. The zero-order chi connectivity index (χ0) is 13.4. The summed E-state index contributed by atoms with van der Waals surface area (Å²) in [5.74, 6) is 0.673. The summed E-state index contributed by atoms with van der Waals surface area (Å²) in [6.07, 6.45) is 4.43. The second kappa shape index (κ2) is 4.72. The van der Waals surface area contributed by atoms with E-state index in [-0.39, 0.29) is 0 Å². The Bertz CT molecular complexity index is 592. The second-order valence-corrected chi connectivity index (χ2v) is 5.72. The fraction of sp³-hybridized carbons (Fsp3) is 0.438. The minimum atomic E-state index is 0.632. The zero-order valence-electron chi connectivity index (χ0n) is 11.6. The van der Waals surface area contributed by atoms with Crippen molar-refractivity contribution in [2.75, 3.05) is 17.2 Å². The molecular weight excluding hydrogens is 234 g/mol. The van der Waals surface area contributed by atoms with Gasteiger partial charge >= 0.3 is 0 Å². The Morgan fingerprint density at radius 3 is 2.95 bits per heavy atom. The van der Waals surface area contributed by atoms with Gasteiger partial charge in [-0.2, -0.15) is 0 Å². The summed E-state index contributed by atoms with van der Waals surface area (Å²) in [4.78, 5) is 6.97. The van der Waals surface area contributed by atoms with Gasteiger partial charge in [0, 0.05) is 29.9 Å². The number of nitrogens with two attached hydrogens (primary N) is 1. The van der Waals surface area contributed by atoms with E-state index < -0.39 is 0 Å². The molecule has 1 fully saturated rings. The molecule has 0 radical (unpaired) electrons. The quantitative estimate of drug-likeness (QED) is 0.836. The summed E-state index contributed by atoms with van der Waals surface area (Å²) < 4.78 is 0. The maximum absolute atomic E-state index is 6.04. The van der Waals surface area contributed by atoms with Crippen LogP contribution >= 0.6 is 0 Å². The van der Waals surface area contributed by atoms with Crippen molar-refractivity contribution >= 4 is 22.3 Å². The monoisotopic (exact) mass is 255 g/mol. The molecule has 19 heavy (non-hydrogen) atoms. The first-order valence-corrected chi connectivity index (χ1v) is 7.08. The SMILES string of the molecule is CC(C)C1CCCN1c1ccnc2c(N)cccc12. The Kier molecular flexibility index (Phi) is 3.05. The smallest absolute Gasteiger partial charge is 0.0951 e. The van der Waals surface area contributed by atoms with E-state index in [9.17, 15) is 0 Å². The van der Waals surface area contributed by atoms with Crippen LogP contribution in [0.1, 0.15) is 26.7 Å². The van der Waals surface area contributed by atoms with Gasteiger partial charge in [-0.1, -0.05) is 26.0 Å². The number of pyridine rings is 1. The van der Waals surface area contributed by atoms with Crippen LogP contribution in [0.25, 0.3) is 10.9 Å². The highest BCUT2D eigenvalue weighted by Gasteiger charge is 2.28. The van der Waals surface area contributed by atoms with E-state index in [1.165, 1.54) is 23.9 Å². The van der Waals surface area contributed by atoms with Gasteiger partial charge in [-0.05, 0) is 30.9 Å². The van der Waals surface area contributed by atoms with Gasteiger partial charge in [-0.25, -0.2) is 0 Å². The summed E-state index contributed by atoms with van der Waals surface area (Å²) in [6.45, 7) is 5.75. The Morgan fingerprint density at radius 2 is 2.16 bits per heavy atom. The molecule has 2 heterocycles. The number of anilines is 2. The molecule has 0 amide bonds. The van der Waals surface area contributed by atoms with Gasteiger partial charge in [-0.15, -0.1) is 0 Å². The first-order chi connectivity index (χ1) is 9.18. The molecule has 0 bridgehead atoms. The third-order valence-corrected chi connectivity index (χ3v) is 4.16. The Hall–Kier alpha value is -1.77. The van der Waals surface area contributed by atoms with Crippen LogP contribution in [0.3, 0.4) is 0 Å². The Morgan fingerprint density at radius 1 is 1.32 bits per heavy atom. The molecule has 1 aromatic heterocycles. The van der Waals surface area contributed by atoms with E-state index in [1.54, 1.807) is 0 Å². The van der Waals surface area contributed by atoms with E-state index in [0.717, 1.165) is 17.7 Å². The molecule has 0 saturated carbocycles. The molecule has 1 saturated heterocycles. The minimum absolute atomic E-state index is 0.632. The lowest BCUT2D eigenvalue weighted by molar-refractivity contribution is 0.492. The van der Waals surface area contributed by atoms with Crippen molar-refractivity contribution in [2.24, 2.45) is 5.92 Å². The second-order valence-electron chi connectivity index (χ2n) is 5.72. The maximum Gasteiger partial charge on any atom is 0.0951 e. The fourth-order valence-corrected chi connectivity index (χ4v) is 3.22. The van der Waals surface area contributed by atoms with E-state index >= 15 is 0 Å². The summed E-state index contributed by atoms with van der Waals surface area (Å²) in [5.41, 5.74) is 9.01. The first-order valence-electron chi connectivity index (χ1n) is 7.08. The van der Waals surface area contributed by atoms with Crippen molar-refractivity contribution in [1.29, 1.82) is 0 Å². The number of rotatable bonds is 2. The van der Waals surface area contributed by atoms with Gasteiger partial charge in [0.05, 0.1) is 11.2 Å². The van der Waals surface area contributed by atoms with Gasteiger partial charge in [0.15, 0.2) is 0 Å². The fourth-order valence-electron chi connectivity index (χ4n) is 3.22. The molecule has 1 aliphatic heterocycles. The highest BCUT2D eigenvalue weighted by Crippen LogP contribution is 2.35. The lowest BCUT2D eigenvalue weighted by Gasteiger charge is -2.30. The molecule has 0 spiro atoms. The standard InChI is InChI=1S/C16H21N3/c1-11(2)14-7-4-10-19(14)15-8-9-18-16-12(15)5-3-6-13(16)17/h3,5-6,8-9,11,14H,4,7,10,17H2,1-2H3. The van der Waals surface area contributed by atoms with E-state index in [0.29, 0.717) is 12.0 Å². The number of aromatic nitrogens is 1. The molecule has 1 atom stereocenters. The molecule has 2 N–H and O–H groups in total. The molecule has 100 valence electrons. The predicted octanol–water partition coefficient (Wildman–Crippen LogP) is 3.44. The minimum Gasteiger partial charge on any atom is -0.397 e. The van der Waals surface area contributed by atoms with Crippen molar-refractivity contribution < 1.29 is 0 Å². The molecule has 3 heteroatoms. The molecular formula is C16H21N3. The van der Waals surface area contributed by atoms with Crippen LogP contribution in [0.4, 0.5) is 11.4 Å². The largest absolute Gasteiger partial charge is 0.397 e. The van der Waals surface area contributed by atoms with Crippen molar-refractivity contribution in [3.8, 4) is 0 Å². The van der Waals surface area contributed by atoms with Gasteiger partial charge in [-0.3, -0.25) is 4.98 Å². The third-order valence-electron chi connectivity index (χ3n) is 4.16. The molecule has 0 aliphatic carbocycles. The topological polar surface area (TPSA) is 42.2 Å². The number of fused-ring (bicyclic) bond motifs is 1. The summed E-state index contributed by atoms with van der Waals surface area (Å²) in [5, 5.41) is 1.18. The summed E-state index contributed by atoms with van der Waals surface area (Å²) in [6, 6.07) is 8.82. The molecule has 3 nitrogen and oxygen atoms in total. The van der Waals surface area contributed by atoms with Crippen LogP contribution in [-0.4, -0.2) is 17.6 Å². The van der Waals surface area contributed by atoms with Crippen molar-refractivity contribution in [3.63, 3.8) is 0 Å². The molecule has 1 unspecified atom stereocenters. The lowest BCUT2D eigenvalue weighted by atomic mass is 10.0. The summed E-state index contributed by atoms with van der Waals surface area (Å²) >= 11 is 0. The normalized spacial score (nSPS) is 19.5. The van der Waals surface area contributed by atoms with E-state index in [2.05, 4.69) is 35.9 Å². The predicted molar refractivity (Wildman–Crippen MR) is 81.4 cm³/mol. The van der Waals surface area contributed by atoms with Crippen LogP contribution in [0.2, 0.25) is 0 Å². The zero-order valence-corrected chi connectivity index (χ0v) is 11.6. The Balaban J connectivity index is 2.12. The Labute approximate surface area is 114 Å². The molecule has 2 aromatic rings. The highest BCUT2D eigenvalue weighted by molar-refractivity contribution is 5.98. The van der Waals surface area contributed by atoms with Crippen molar-refractivity contribution in [2.45, 2.75) is 32.7 Å². The number of benzene rings is 1. The van der Waals surface area contributed by atoms with Gasteiger partial charge < -0.3 is 10.6 Å². The van der Waals surface area contributed by atoms with Crippen LogP contribution in [-0.2, 0) is 0 Å². The number of nitrogen functional groups attached to an aromatic ring is 1.